The summed E-state index contributed by atoms with van der Waals surface area (Å²) in [6.07, 6.45) is -1.68. The van der Waals surface area contributed by atoms with Gasteiger partial charge in [-0.15, -0.1) is 0 Å². The van der Waals surface area contributed by atoms with E-state index in [1.807, 2.05) is 76.0 Å². The van der Waals surface area contributed by atoms with Crippen LogP contribution in [0.2, 0.25) is 0 Å². The lowest BCUT2D eigenvalue weighted by Gasteiger charge is -2.48. The van der Waals surface area contributed by atoms with Gasteiger partial charge in [-0.2, -0.15) is 0 Å². The molecule has 14 atom stereocenters. The van der Waals surface area contributed by atoms with Gasteiger partial charge < -0.3 is 44.2 Å². The second-order valence-electron chi connectivity index (χ2n) is 18.6. The van der Waals surface area contributed by atoms with Crippen LogP contribution in [-0.2, 0) is 39.7 Å². The molecule has 4 heterocycles. The first-order valence-electron chi connectivity index (χ1n) is 22.2. The van der Waals surface area contributed by atoms with E-state index in [-0.39, 0.29) is 30.9 Å². The van der Waals surface area contributed by atoms with E-state index in [0.29, 0.717) is 32.4 Å². The zero-order valence-electron chi connectivity index (χ0n) is 39.1. The molecule has 15 nitrogen and oxygen atoms in total. The molecule has 62 heavy (non-hydrogen) atoms. The molecule has 0 saturated carbocycles. The Morgan fingerprint density at radius 1 is 1.06 bits per heavy atom. The highest BCUT2D eigenvalue weighted by Gasteiger charge is 2.62. The maximum absolute atomic E-state index is 17.1. The Hall–Kier alpha value is -3.51. The minimum Gasteiger partial charge on any atom is -0.497 e. The van der Waals surface area contributed by atoms with Crippen molar-refractivity contribution in [2.75, 3.05) is 41.4 Å². The number of ketones is 1. The highest BCUT2D eigenvalue weighted by atomic mass is 19.1. The molecule has 1 amide bonds. The highest BCUT2D eigenvalue weighted by molar-refractivity contribution is 6.07. The zero-order chi connectivity index (χ0) is 46.1. The Morgan fingerprint density at radius 3 is 2.37 bits per heavy atom. The number of fused-ring (bicyclic) bond motifs is 2. The third kappa shape index (κ3) is 9.62. The smallest absolute Gasteiger partial charge is 0.425 e. The lowest BCUT2D eigenvalue weighted by atomic mass is 9.72. The van der Waals surface area contributed by atoms with E-state index in [0.717, 1.165) is 29.1 Å². The number of aromatic nitrogens is 1. The molecule has 0 radical (unpaired) electrons. The molecule has 0 aliphatic carbocycles. The average Bonchev–Trinajstić information content (AvgIpc) is 3.51. The van der Waals surface area contributed by atoms with E-state index in [1.165, 1.54) is 14.0 Å². The molecule has 3 N–H and O–H groups in total. The number of rotatable bonds is 12. The minimum atomic E-state index is -3.15. The number of benzene rings is 1. The van der Waals surface area contributed by atoms with Crippen LogP contribution in [0, 0.1) is 17.8 Å². The topological polar surface area (TPSA) is 175 Å². The Bertz CT molecular complexity index is 1890. The van der Waals surface area contributed by atoms with Crippen LogP contribution in [-0.4, -0.2) is 150 Å². The number of nitrogens with two attached hydrogens (primary N) is 1. The molecular weight excluding hydrogens is 802 g/mol. The van der Waals surface area contributed by atoms with Crippen LogP contribution in [0.5, 0.6) is 5.75 Å². The number of aryl methyl sites for hydroxylation is 1. The van der Waals surface area contributed by atoms with Gasteiger partial charge in [-0.25, -0.2) is 24.0 Å². The van der Waals surface area contributed by atoms with Crippen molar-refractivity contribution >= 4 is 28.7 Å². The number of likely N-dealkylation sites (N-methyl/N-ethyl adjacent to an activating group) is 1. The number of hydrogen-bond donors (Lipinski definition) is 2. The molecule has 0 spiro atoms. The van der Waals surface area contributed by atoms with E-state index in [1.54, 1.807) is 39.1 Å². The standard InChI is InChI=1S/C46H72FN5O10/c1-14-35-46(9)38(52(43(56)62-46)51(15-2)22-16-17-30-20-21-49-33-24-31(57-12)18-19-32(30)33)28(5)36(48)26(3)25-44(7,58-13)40(29(6)39(54)45(8,47)42(55)60-35)61-41-37(53)34(50(10)11)23-27(4)59-41/h18-21,24,26-29,34-38,40-41,53H,14-17,22-23,25,48H2,1-13H3/t26-,27-,28+,29+,34+,35-,36?,37-,38-,40-,41+,44+,45?,46-/m1/s1. The van der Waals surface area contributed by atoms with Gasteiger partial charge in [-0.3, -0.25) is 9.78 Å². The SMILES string of the molecule is CC[C@H]1OC(=O)C(C)(F)C(=O)[C@H](C)[C@@H](O[C@@H]2O[C@H](C)C[C@H](N(C)C)[C@H]2O)[C@@](C)(OC)C[C@@H](C)C(N)[C@H](C)[C@H]2N(N(CC)CCCc3ccnc4cc(OC)ccc34)C(=O)O[C@]12C. The number of ether oxygens (including phenoxy) is 6. The number of pyridine rings is 1. The number of carbonyl (C=O) groups is 3. The molecule has 3 saturated heterocycles. The van der Waals surface area contributed by atoms with E-state index in [9.17, 15) is 19.5 Å². The second-order valence-corrected chi connectivity index (χ2v) is 18.6. The first-order chi connectivity index (χ1) is 29.1. The van der Waals surface area contributed by atoms with Gasteiger partial charge in [0.25, 0.3) is 5.67 Å². The summed E-state index contributed by atoms with van der Waals surface area (Å²) in [5, 5.41) is 16.0. The van der Waals surface area contributed by atoms with Gasteiger partial charge in [0.1, 0.15) is 18.0 Å². The number of Topliss-reactive ketones (excluding diaryl/α,β-unsaturated/α-hetero) is 1. The molecule has 3 aliphatic heterocycles. The molecule has 16 heteroatoms. The number of hydrazine groups is 1. The van der Waals surface area contributed by atoms with Crippen molar-refractivity contribution in [3.05, 3.63) is 36.0 Å². The van der Waals surface area contributed by atoms with Crippen molar-refractivity contribution in [3.63, 3.8) is 0 Å². The quantitative estimate of drug-likeness (QED) is 0.203. The predicted octanol–water partition coefficient (Wildman–Crippen LogP) is 5.47. The summed E-state index contributed by atoms with van der Waals surface area (Å²) in [6, 6.07) is 6.05. The van der Waals surface area contributed by atoms with Crippen LogP contribution in [0.4, 0.5) is 9.18 Å². The van der Waals surface area contributed by atoms with Gasteiger partial charge >= 0.3 is 12.1 Å². The number of esters is 1. The maximum atomic E-state index is 17.1. The number of aliphatic hydroxyl groups excluding tert-OH is 1. The number of hydrogen-bond acceptors (Lipinski definition) is 14. The van der Waals surface area contributed by atoms with Crippen LogP contribution in [0.15, 0.2) is 30.5 Å². The largest absolute Gasteiger partial charge is 0.497 e. The van der Waals surface area contributed by atoms with Gasteiger partial charge in [-0.1, -0.05) is 34.6 Å². The Labute approximate surface area is 367 Å². The minimum absolute atomic E-state index is 0.138. The van der Waals surface area contributed by atoms with E-state index in [2.05, 4.69) is 4.98 Å². The molecule has 348 valence electrons. The number of nitrogens with zero attached hydrogens (tertiary/aromatic N) is 4. The van der Waals surface area contributed by atoms with Crippen LogP contribution < -0.4 is 10.5 Å². The van der Waals surface area contributed by atoms with Gasteiger partial charge in [0.05, 0.1) is 36.5 Å². The van der Waals surface area contributed by atoms with Crippen molar-refractivity contribution in [2.24, 2.45) is 23.5 Å². The average molecular weight is 874 g/mol. The summed E-state index contributed by atoms with van der Waals surface area (Å²) >= 11 is 0. The molecule has 2 aromatic rings. The fourth-order valence-corrected chi connectivity index (χ4v) is 10.3. The summed E-state index contributed by atoms with van der Waals surface area (Å²) in [5.41, 5.74) is 3.20. The van der Waals surface area contributed by atoms with Crippen molar-refractivity contribution in [3.8, 4) is 5.75 Å². The number of carbonyl (C=O) groups excluding carboxylic acids is 3. The maximum Gasteiger partial charge on any atom is 0.425 e. The van der Waals surface area contributed by atoms with Gasteiger partial charge in [0, 0.05) is 55.9 Å². The van der Waals surface area contributed by atoms with Crippen molar-refractivity contribution in [1.29, 1.82) is 0 Å². The molecule has 1 aromatic carbocycles. The predicted molar refractivity (Wildman–Crippen MR) is 232 cm³/mol. The molecule has 3 aliphatic rings. The second kappa shape index (κ2) is 19.7. The Kier molecular flexibility index (Phi) is 15.7. The van der Waals surface area contributed by atoms with Crippen LogP contribution in [0.3, 0.4) is 0 Å². The Balaban J connectivity index is 1.52. The van der Waals surface area contributed by atoms with E-state index in [4.69, 9.17) is 34.2 Å². The first-order valence-corrected chi connectivity index (χ1v) is 22.2. The summed E-state index contributed by atoms with van der Waals surface area (Å²) in [7, 11) is 6.79. The van der Waals surface area contributed by atoms with Crippen molar-refractivity contribution in [2.45, 2.75) is 160 Å². The van der Waals surface area contributed by atoms with Crippen LogP contribution in [0.1, 0.15) is 93.6 Å². The molecule has 1 aromatic heterocycles. The van der Waals surface area contributed by atoms with Gasteiger partial charge in [0.2, 0.25) is 0 Å². The molecule has 2 unspecified atom stereocenters. The highest BCUT2D eigenvalue weighted by Crippen LogP contribution is 2.45. The Morgan fingerprint density at radius 2 is 1.76 bits per heavy atom. The normalized spacial score (nSPS) is 37.6. The van der Waals surface area contributed by atoms with Crippen LogP contribution >= 0.6 is 0 Å². The number of aliphatic hydroxyl groups is 1. The molecule has 0 bridgehead atoms. The molecular formula is C46H72FN5O10. The summed E-state index contributed by atoms with van der Waals surface area (Å²) in [4.78, 5) is 49.2. The lowest BCUT2D eigenvalue weighted by Crippen LogP contribution is -2.64. The lowest BCUT2D eigenvalue weighted by molar-refractivity contribution is -0.296. The fourth-order valence-electron chi connectivity index (χ4n) is 10.3. The zero-order valence-corrected chi connectivity index (χ0v) is 39.1. The number of halogens is 1. The van der Waals surface area contributed by atoms with E-state index < -0.39 is 83.2 Å². The van der Waals surface area contributed by atoms with E-state index >= 15 is 4.39 Å². The van der Waals surface area contributed by atoms with Crippen LogP contribution in [0.25, 0.3) is 10.9 Å². The number of alkyl halides is 1. The third-order valence-electron chi connectivity index (χ3n) is 14.0. The summed E-state index contributed by atoms with van der Waals surface area (Å²) < 4.78 is 53.7. The fraction of sp³-hybridized carbons (Fsp3) is 0.739. The molecule has 3 fully saturated rings. The van der Waals surface area contributed by atoms with Gasteiger partial charge in [0.15, 0.2) is 17.7 Å². The molecule has 5 rings (SSSR count). The van der Waals surface area contributed by atoms with Gasteiger partial charge in [-0.05, 0) is 109 Å². The monoisotopic (exact) mass is 874 g/mol. The van der Waals surface area contributed by atoms with Crippen molar-refractivity contribution < 1.29 is 52.3 Å². The first kappa shape index (κ1) is 49.5. The summed E-state index contributed by atoms with van der Waals surface area (Å²) in [5.74, 6) is -3.94. The van der Waals surface area contributed by atoms with Crippen molar-refractivity contribution in [1.82, 2.24) is 19.9 Å². The summed E-state index contributed by atoms with van der Waals surface area (Å²) in [6.45, 7) is 16.2. The number of amides is 1. The number of methoxy groups -OCH3 is 2. The third-order valence-corrected chi connectivity index (χ3v) is 14.0. The number of cyclic esters (lactones) is 1.